The van der Waals surface area contributed by atoms with Gasteiger partial charge >= 0.3 is 0 Å². The van der Waals surface area contributed by atoms with Gasteiger partial charge in [0.15, 0.2) is 0 Å². The Kier molecular flexibility index (Phi) is 8.60. The van der Waals surface area contributed by atoms with Crippen molar-refractivity contribution in [3.8, 4) is 33.4 Å². The van der Waals surface area contributed by atoms with Gasteiger partial charge in [-0.1, -0.05) is 160 Å². The summed E-state index contributed by atoms with van der Waals surface area (Å²) in [5.41, 5.74) is 17.1. The average Bonchev–Trinajstić information content (AvgIpc) is 3.45. The number of hydrogen-bond donors (Lipinski definition) is 1. The van der Waals surface area contributed by atoms with E-state index in [1.54, 1.807) is 0 Å². The smallest absolute Gasteiger partial charge is 0.0465 e. The third-order valence-electron chi connectivity index (χ3n) is 11.4. The van der Waals surface area contributed by atoms with Gasteiger partial charge in [0, 0.05) is 39.8 Å². The van der Waals surface area contributed by atoms with Crippen molar-refractivity contribution in [1.82, 2.24) is 0 Å². The van der Waals surface area contributed by atoms with Gasteiger partial charge in [0.25, 0.3) is 0 Å². The molecule has 0 spiro atoms. The van der Waals surface area contributed by atoms with Crippen LogP contribution >= 0.6 is 0 Å². The first-order chi connectivity index (χ1) is 26.4. The average molecular weight is 697 g/mol. The number of hydrogen-bond acceptors (Lipinski definition) is 2. The van der Waals surface area contributed by atoms with Gasteiger partial charge in [0.2, 0.25) is 0 Å². The lowest BCUT2D eigenvalue weighted by atomic mass is 9.82. The van der Waals surface area contributed by atoms with Crippen molar-refractivity contribution < 1.29 is 0 Å². The summed E-state index contributed by atoms with van der Waals surface area (Å²) in [5.74, 6) is 0.817. The number of fused-ring (bicyclic) bond motifs is 3. The van der Waals surface area contributed by atoms with Gasteiger partial charge < -0.3 is 10.2 Å². The molecule has 2 unspecified atom stereocenters. The van der Waals surface area contributed by atoms with E-state index in [0.29, 0.717) is 11.8 Å². The highest BCUT2D eigenvalue weighted by molar-refractivity contribution is 5.86. The van der Waals surface area contributed by atoms with Crippen LogP contribution in [0.25, 0.3) is 33.4 Å². The van der Waals surface area contributed by atoms with Gasteiger partial charge in [-0.15, -0.1) is 0 Å². The molecule has 262 valence electrons. The molecule has 9 rings (SSSR count). The topological polar surface area (TPSA) is 15.3 Å². The van der Waals surface area contributed by atoms with Crippen LogP contribution in [0.3, 0.4) is 0 Å². The Morgan fingerprint density at radius 3 is 1.70 bits per heavy atom. The van der Waals surface area contributed by atoms with Crippen molar-refractivity contribution in [1.29, 1.82) is 0 Å². The Labute approximate surface area is 319 Å². The van der Waals surface area contributed by atoms with E-state index in [-0.39, 0.29) is 5.41 Å². The van der Waals surface area contributed by atoms with Gasteiger partial charge in [-0.25, -0.2) is 0 Å². The predicted molar refractivity (Wildman–Crippen MR) is 229 cm³/mol. The molecule has 0 bridgehead atoms. The fourth-order valence-corrected chi connectivity index (χ4v) is 8.42. The molecule has 0 saturated carbocycles. The summed E-state index contributed by atoms with van der Waals surface area (Å²) in [6.45, 7) is 6.98. The number of allylic oxidation sites excluding steroid dienone is 4. The molecule has 54 heavy (non-hydrogen) atoms. The lowest BCUT2D eigenvalue weighted by Crippen LogP contribution is -2.16. The van der Waals surface area contributed by atoms with Gasteiger partial charge in [0.1, 0.15) is 0 Å². The second-order valence-corrected chi connectivity index (χ2v) is 15.1. The summed E-state index contributed by atoms with van der Waals surface area (Å²) in [6.07, 6.45) is 8.90. The summed E-state index contributed by atoms with van der Waals surface area (Å²) in [6, 6.07) is 61.9. The van der Waals surface area contributed by atoms with E-state index in [0.717, 1.165) is 28.4 Å². The largest absolute Gasteiger partial charge is 0.355 e. The zero-order chi connectivity index (χ0) is 36.6. The van der Waals surface area contributed by atoms with E-state index in [1.807, 2.05) is 0 Å². The van der Waals surface area contributed by atoms with Crippen LogP contribution in [-0.4, -0.2) is 0 Å². The third-order valence-corrected chi connectivity index (χ3v) is 11.4. The van der Waals surface area contributed by atoms with Crippen LogP contribution in [0.4, 0.5) is 28.4 Å². The van der Waals surface area contributed by atoms with Gasteiger partial charge in [-0.2, -0.15) is 0 Å². The van der Waals surface area contributed by atoms with Crippen LogP contribution in [0.15, 0.2) is 194 Å². The maximum atomic E-state index is 3.71. The first-order valence-electron chi connectivity index (χ1n) is 19.1. The molecule has 7 aromatic rings. The van der Waals surface area contributed by atoms with E-state index >= 15 is 0 Å². The molecule has 7 aromatic carbocycles. The highest BCUT2D eigenvalue weighted by atomic mass is 15.1. The van der Waals surface area contributed by atoms with E-state index in [4.69, 9.17) is 0 Å². The number of rotatable bonds is 8. The second-order valence-electron chi connectivity index (χ2n) is 15.1. The van der Waals surface area contributed by atoms with E-state index in [1.165, 1.54) is 50.1 Å². The maximum absolute atomic E-state index is 3.71. The summed E-state index contributed by atoms with van der Waals surface area (Å²) < 4.78 is 0. The zero-order valence-electron chi connectivity index (χ0n) is 31.1. The lowest BCUT2D eigenvalue weighted by Gasteiger charge is -2.28. The lowest BCUT2D eigenvalue weighted by molar-refractivity contribution is 0.636. The molecule has 2 aliphatic rings. The maximum Gasteiger partial charge on any atom is 0.0465 e. The van der Waals surface area contributed by atoms with Gasteiger partial charge in [-0.05, 0) is 111 Å². The molecule has 0 radical (unpaired) electrons. The first-order valence-corrected chi connectivity index (χ1v) is 19.1. The van der Waals surface area contributed by atoms with E-state index < -0.39 is 0 Å². The minimum Gasteiger partial charge on any atom is -0.355 e. The number of anilines is 5. The summed E-state index contributed by atoms with van der Waals surface area (Å²) in [5, 5.41) is 3.71. The Morgan fingerprint density at radius 2 is 1.02 bits per heavy atom. The van der Waals surface area contributed by atoms with Crippen molar-refractivity contribution in [3.05, 3.63) is 211 Å². The SMILES string of the molecule is CC1C=CC=CC1c1ccccc1Nc1ccc(-c2ccc(N(c3ccc(-c4ccccc4)cc3)c3ccc4c(c3)C(C)(C)c3ccccc3-4)cc2)cc1. The molecule has 2 heteroatoms. The number of benzene rings is 7. The highest BCUT2D eigenvalue weighted by Crippen LogP contribution is 2.50. The van der Waals surface area contributed by atoms with Crippen LogP contribution < -0.4 is 10.2 Å². The second kappa shape index (κ2) is 13.9. The summed E-state index contributed by atoms with van der Waals surface area (Å²) >= 11 is 0. The van der Waals surface area contributed by atoms with Crippen LogP contribution in [0.2, 0.25) is 0 Å². The van der Waals surface area contributed by atoms with Gasteiger partial charge in [0.05, 0.1) is 0 Å². The third kappa shape index (κ3) is 6.14. The molecule has 0 amide bonds. The van der Waals surface area contributed by atoms with Gasteiger partial charge in [-0.3, -0.25) is 0 Å². The number of nitrogens with one attached hydrogen (secondary N) is 1. The molecular formula is C52H44N2. The van der Waals surface area contributed by atoms with E-state index in [9.17, 15) is 0 Å². The molecule has 1 N–H and O–H groups in total. The minimum atomic E-state index is -0.0829. The number of para-hydroxylation sites is 1. The van der Waals surface area contributed by atoms with E-state index in [2.05, 4.69) is 225 Å². The highest BCUT2D eigenvalue weighted by Gasteiger charge is 2.35. The summed E-state index contributed by atoms with van der Waals surface area (Å²) in [4.78, 5) is 2.39. The van der Waals surface area contributed by atoms with Crippen molar-refractivity contribution in [2.24, 2.45) is 5.92 Å². The predicted octanol–water partition coefficient (Wildman–Crippen LogP) is 14.4. The summed E-state index contributed by atoms with van der Waals surface area (Å²) in [7, 11) is 0. The van der Waals surface area contributed by atoms with Crippen LogP contribution in [0.5, 0.6) is 0 Å². The quantitative estimate of drug-likeness (QED) is 0.170. The molecule has 0 heterocycles. The molecule has 0 aromatic heterocycles. The monoisotopic (exact) mass is 696 g/mol. The van der Waals surface area contributed by atoms with Crippen molar-refractivity contribution >= 4 is 28.4 Å². The standard InChI is InChI=1S/C52H44N2/c1-36-13-7-8-16-45(36)48-18-10-12-20-51(48)53-41-27-21-38(22-28-41)40-25-31-43(32-26-40)54(42-29-23-39(24-30-42)37-14-5-4-6-15-37)44-33-34-47-46-17-9-11-19-49(46)52(2,3)50(47)35-44/h4-36,45,53H,1-3H3. The van der Waals surface area contributed by atoms with Crippen LogP contribution in [0.1, 0.15) is 43.4 Å². The molecule has 0 aliphatic heterocycles. The first kappa shape index (κ1) is 33.5. The normalized spacial score (nSPS) is 16.4. The van der Waals surface area contributed by atoms with Crippen molar-refractivity contribution in [2.75, 3.05) is 10.2 Å². The van der Waals surface area contributed by atoms with Crippen LogP contribution in [0, 0.1) is 5.92 Å². The number of nitrogens with zero attached hydrogens (tertiary/aromatic N) is 1. The van der Waals surface area contributed by atoms with Crippen molar-refractivity contribution in [2.45, 2.75) is 32.1 Å². The molecule has 2 aliphatic carbocycles. The fourth-order valence-electron chi connectivity index (χ4n) is 8.42. The zero-order valence-corrected chi connectivity index (χ0v) is 31.1. The molecule has 0 fully saturated rings. The fraction of sp³-hybridized carbons (Fsp3) is 0.115. The van der Waals surface area contributed by atoms with Crippen LogP contribution in [-0.2, 0) is 5.41 Å². The Balaban J connectivity index is 1.02. The molecule has 2 nitrogen and oxygen atoms in total. The van der Waals surface area contributed by atoms with Crippen molar-refractivity contribution in [3.63, 3.8) is 0 Å². The Hall–Kier alpha value is -6.38. The molecule has 2 atom stereocenters. The Bertz CT molecular complexity index is 2490. The molecular weight excluding hydrogens is 653 g/mol. The Morgan fingerprint density at radius 1 is 0.481 bits per heavy atom. The molecule has 0 saturated heterocycles. The minimum absolute atomic E-state index is 0.0829.